The van der Waals surface area contributed by atoms with Gasteiger partial charge in [0.05, 0.1) is 23.7 Å². The first-order valence-corrected chi connectivity index (χ1v) is 6.50. The van der Waals surface area contributed by atoms with Crippen molar-refractivity contribution in [1.29, 1.82) is 0 Å². The molecule has 1 aliphatic heterocycles. The summed E-state index contributed by atoms with van der Waals surface area (Å²) in [4.78, 5) is 4.64. The summed E-state index contributed by atoms with van der Waals surface area (Å²) < 4.78 is 7.97. The second kappa shape index (κ2) is 4.71. The molecule has 1 fully saturated rings. The molecule has 2 aromatic rings. The third kappa shape index (κ3) is 1.82. The SMILES string of the molecule is CNC1CCOCC1n1c(C)nc2ccccc21. The maximum absolute atomic E-state index is 5.65. The van der Waals surface area contributed by atoms with Crippen molar-refractivity contribution in [3.05, 3.63) is 30.1 Å². The van der Waals surface area contributed by atoms with E-state index in [9.17, 15) is 0 Å². The molecule has 0 spiro atoms. The molecule has 1 aromatic heterocycles. The van der Waals surface area contributed by atoms with Gasteiger partial charge in [0, 0.05) is 12.6 Å². The number of para-hydroxylation sites is 2. The van der Waals surface area contributed by atoms with Crippen LogP contribution in [0, 0.1) is 6.92 Å². The van der Waals surface area contributed by atoms with Crippen molar-refractivity contribution in [3.8, 4) is 0 Å². The lowest BCUT2D eigenvalue weighted by atomic mass is 10.0. The highest BCUT2D eigenvalue weighted by Gasteiger charge is 2.28. The molecule has 4 nitrogen and oxygen atoms in total. The number of aryl methyl sites for hydroxylation is 1. The molecule has 0 saturated carbocycles. The summed E-state index contributed by atoms with van der Waals surface area (Å²) >= 11 is 0. The highest BCUT2D eigenvalue weighted by Crippen LogP contribution is 2.26. The molecule has 96 valence electrons. The van der Waals surface area contributed by atoms with E-state index in [1.54, 1.807) is 0 Å². The largest absolute Gasteiger partial charge is 0.379 e. The van der Waals surface area contributed by atoms with Crippen LogP contribution in [-0.2, 0) is 4.74 Å². The van der Waals surface area contributed by atoms with Crippen LogP contribution in [0.15, 0.2) is 24.3 Å². The first-order chi connectivity index (χ1) is 8.81. The lowest BCUT2D eigenvalue weighted by Gasteiger charge is -2.33. The molecule has 4 heteroatoms. The molecule has 18 heavy (non-hydrogen) atoms. The average molecular weight is 245 g/mol. The minimum Gasteiger partial charge on any atom is -0.379 e. The third-order valence-electron chi connectivity index (χ3n) is 3.80. The zero-order valence-corrected chi connectivity index (χ0v) is 10.9. The van der Waals surface area contributed by atoms with Crippen LogP contribution in [0.1, 0.15) is 18.3 Å². The van der Waals surface area contributed by atoms with E-state index >= 15 is 0 Å². The van der Waals surface area contributed by atoms with Crippen LogP contribution in [0.3, 0.4) is 0 Å². The Morgan fingerprint density at radius 1 is 1.39 bits per heavy atom. The third-order valence-corrected chi connectivity index (χ3v) is 3.80. The van der Waals surface area contributed by atoms with Gasteiger partial charge >= 0.3 is 0 Å². The summed E-state index contributed by atoms with van der Waals surface area (Å²) in [6.45, 7) is 3.67. The second-order valence-electron chi connectivity index (χ2n) is 4.84. The zero-order valence-electron chi connectivity index (χ0n) is 10.9. The number of rotatable bonds is 2. The molecule has 0 aliphatic carbocycles. The summed E-state index contributed by atoms with van der Waals surface area (Å²) in [7, 11) is 2.03. The summed E-state index contributed by atoms with van der Waals surface area (Å²) in [6, 6.07) is 9.09. The van der Waals surface area contributed by atoms with Crippen molar-refractivity contribution in [1.82, 2.24) is 14.9 Å². The molecule has 2 atom stereocenters. The number of aromatic nitrogens is 2. The van der Waals surface area contributed by atoms with Crippen molar-refractivity contribution in [2.75, 3.05) is 20.3 Å². The van der Waals surface area contributed by atoms with Crippen molar-refractivity contribution < 1.29 is 4.74 Å². The minimum absolute atomic E-state index is 0.330. The quantitative estimate of drug-likeness (QED) is 0.878. The topological polar surface area (TPSA) is 39.1 Å². The molecular weight excluding hydrogens is 226 g/mol. The number of hydrogen-bond acceptors (Lipinski definition) is 3. The van der Waals surface area contributed by atoms with Gasteiger partial charge in [0.15, 0.2) is 0 Å². The van der Waals surface area contributed by atoms with E-state index in [1.165, 1.54) is 5.52 Å². The fourth-order valence-electron chi connectivity index (χ4n) is 2.90. The Morgan fingerprint density at radius 3 is 3.06 bits per heavy atom. The first-order valence-electron chi connectivity index (χ1n) is 6.50. The summed E-state index contributed by atoms with van der Waals surface area (Å²) in [5.41, 5.74) is 2.26. The van der Waals surface area contributed by atoms with E-state index in [2.05, 4.69) is 40.0 Å². The van der Waals surface area contributed by atoms with E-state index in [0.717, 1.165) is 31.0 Å². The molecule has 0 radical (unpaired) electrons. The number of nitrogens with zero attached hydrogens (tertiary/aromatic N) is 2. The predicted octanol–water partition coefficient (Wildman–Crippen LogP) is 1.89. The number of nitrogens with one attached hydrogen (secondary N) is 1. The molecule has 0 bridgehead atoms. The fraction of sp³-hybridized carbons (Fsp3) is 0.500. The van der Waals surface area contributed by atoms with Gasteiger partial charge in [-0.05, 0) is 32.5 Å². The Balaban J connectivity index is 2.09. The van der Waals surface area contributed by atoms with E-state index < -0.39 is 0 Å². The molecule has 1 saturated heterocycles. The van der Waals surface area contributed by atoms with Crippen LogP contribution in [0.4, 0.5) is 0 Å². The Bertz CT molecular complexity index is 549. The summed E-state index contributed by atoms with van der Waals surface area (Å²) in [5.74, 6) is 1.06. The molecular formula is C14H19N3O. The lowest BCUT2D eigenvalue weighted by molar-refractivity contribution is 0.0397. The summed E-state index contributed by atoms with van der Waals surface area (Å²) in [6.07, 6.45) is 1.05. The molecule has 0 amide bonds. The average Bonchev–Trinajstić information content (AvgIpc) is 2.74. The molecule has 2 heterocycles. The standard InChI is InChI=1S/C14H19N3O/c1-10-16-12-5-3-4-6-13(12)17(10)14-9-18-8-7-11(14)15-2/h3-6,11,14-15H,7-9H2,1-2H3. The van der Waals surface area contributed by atoms with Crippen molar-refractivity contribution in [3.63, 3.8) is 0 Å². The van der Waals surface area contributed by atoms with Gasteiger partial charge in [0.25, 0.3) is 0 Å². The maximum atomic E-state index is 5.65. The first kappa shape index (κ1) is 11.7. The van der Waals surface area contributed by atoms with Crippen LogP contribution >= 0.6 is 0 Å². The fourth-order valence-corrected chi connectivity index (χ4v) is 2.90. The van der Waals surface area contributed by atoms with Crippen LogP contribution in [0.2, 0.25) is 0 Å². The predicted molar refractivity (Wildman–Crippen MR) is 71.8 cm³/mol. The number of ether oxygens (including phenoxy) is 1. The van der Waals surface area contributed by atoms with Gasteiger partial charge in [0.1, 0.15) is 5.82 Å². The number of imidazole rings is 1. The van der Waals surface area contributed by atoms with Gasteiger partial charge in [-0.15, -0.1) is 0 Å². The maximum Gasteiger partial charge on any atom is 0.107 e. The molecule has 1 aromatic carbocycles. The van der Waals surface area contributed by atoms with Gasteiger partial charge in [-0.1, -0.05) is 12.1 Å². The van der Waals surface area contributed by atoms with Crippen LogP contribution in [0.5, 0.6) is 0 Å². The lowest BCUT2D eigenvalue weighted by Crippen LogP contribution is -2.42. The number of hydrogen-bond donors (Lipinski definition) is 1. The molecule has 1 aliphatic rings. The van der Waals surface area contributed by atoms with Gasteiger partial charge in [0.2, 0.25) is 0 Å². The van der Waals surface area contributed by atoms with Crippen LogP contribution in [-0.4, -0.2) is 35.9 Å². The smallest absolute Gasteiger partial charge is 0.107 e. The van der Waals surface area contributed by atoms with Gasteiger partial charge in [-0.25, -0.2) is 4.98 Å². The highest BCUT2D eigenvalue weighted by molar-refractivity contribution is 5.76. The summed E-state index contributed by atoms with van der Waals surface area (Å²) in [5, 5.41) is 3.41. The van der Waals surface area contributed by atoms with Crippen LogP contribution < -0.4 is 5.32 Å². The Hall–Kier alpha value is -1.39. The zero-order chi connectivity index (χ0) is 12.5. The Morgan fingerprint density at radius 2 is 2.22 bits per heavy atom. The highest BCUT2D eigenvalue weighted by atomic mass is 16.5. The Labute approximate surface area is 107 Å². The van der Waals surface area contributed by atoms with E-state index in [4.69, 9.17) is 4.74 Å². The van der Waals surface area contributed by atoms with Crippen molar-refractivity contribution >= 4 is 11.0 Å². The Kier molecular flexibility index (Phi) is 3.06. The van der Waals surface area contributed by atoms with Crippen molar-refractivity contribution in [2.24, 2.45) is 0 Å². The van der Waals surface area contributed by atoms with E-state index in [0.29, 0.717) is 12.1 Å². The number of likely N-dealkylation sites (N-methyl/N-ethyl adjacent to an activating group) is 1. The molecule has 2 unspecified atom stereocenters. The molecule has 3 rings (SSSR count). The van der Waals surface area contributed by atoms with Gasteiger partial charge in [-0.3, -0.25) is 0 Å². The normalized spacial score (nSPS) is 24.6. The van der Waals surface area contributed by atoms with E-state index in [-0.39, 0.29) is 0 Å². The minimum atomic E-state index is 0.330. The van der Waals surface area contributed by atoms with Gasteiger partial charge < -0.3 is 14.6 Å². The second-order valence-corrected chi connectivity index (χ2v) is 4.84. The number of fused-ring (bicyclic) bond motifs is 1. The van der Waals surface area contributed by atoms with Crippen LogP contribution in [0.25, 0.3) is 11.0 Å². The molecule has 1 N–H and O–H groups in total. The monoisotopic (exact) mass is 245 g/mol. The number of benzene rings is 1. The van der Waals surface area contributed by atoms with Gasteiger partial charge in [-0.2, -0.15) is 0 Å². The van der Waals surface area contributed by atoms with E-state index in [1.807, 2.05) is 13.1 Å². The van der Waals surface area contributed by atoms with Crippen molar-refractivity contribution in [2.45, 2.75) is 25.4 Å².